The van der Waals surface area contributed by atoms with Gasteiger partial charge in [0.25, 0.3) is 0 Å². The van der Waals surface area contributed by atoms with Gasteiger partial charge in [0.05, 0.1) is 11.6 Å². The quantitative estimate of drug-likeness (QED) is 0.281. The van der Waals surface area contributed by atoms with Crippen LogP contribution in [0.3, 0.4) is 0 Å². The number of primary amides is 1. The Labute approximate surface area is 238 Å². The largest absolute Gasteiger partial charge is 0.416 e. The molecule has 3 aromatic carbocycles. The van der Waals surface area contributed by atoms with Gasteiger partial charge in [0.2, 0.25) is 5.91 Å². The van der Waals surface area contributed by atoms with Crippen LogP contribution in [0.15, 0.2) is 66.7 Å². The minimum absolute atomic E-state index is 0.148. The highest BCUT2D eigenvalue weighted by atomic mass is 19.4. The summed E-state index contributed by atoms with van der Waals surface area (Å²) in [6.45, 7) is 0.825. The third-order valence-corrected chi connectivity index (χ3v) is 8.05. The maximum Gasteiger partial charge on any atom is 0.416 e. The van der Waals surface area contributed by atoms with Crippen molar-refractivity contribution in [2.75, 3.05) is 11.9 Å². The molecule has 0 radical (unpaired) electrons. The Morgan fingerprint density at radius 3 is 2.37 bits per heavy atom. The van der Waals surface area contributed by atoms with Gasteiger partial charge in [0, 0.05) is 31.2 Å². The van der Waals surface area contributed by atoms with E-state index in [0.29, 0.717) is 32.0 Å². The molecular formula is C32H35F3N4O2. The first-order valence-electron chi connectivity index (χ1n) is 14.2. The first-order valence-corrected chi connectivity index (χ1v) is 14.2. The van der Waals surface area contributed by atoms with Crippen molar-refractivity contribution in [3.8, 4) is 11.1 Å². The first-order chi connectivity index (χ1) is 19.7. The van der Waals surface area contributed by atoms with E-state index < -0.39 is 17.6 Å². The van der Waals surface area contributed by atoms with Gasteiger partial charge in [0.15, 0.2) is 0 Å². The number of benzene rings is 3. The summed E-state index contributed by atoms with van der Waals surface area (Å²) >= 11 is 0. The highest BCUT2D eigenvalue weighted by molar-refractivity contribution is 5.78. The van der Waals surface area contributed by atoms with E-state index in [1.807, 2.05) is 36.4 Å². The molecule has 0 bridgehead atoms. The van der Waals surface area contributed by atoms with Crippen LogP contribution in [-0.2, 0) is 23.9 Å². The summed E-state index contributed by atoms with van der Waals surface area (Å²) in [4.78, 5) is 26.7. The summed E-state index contributed by atoms with van der Waals surface area (Å²) in [5, 5.41) is 6.71. The number of nitrogens with one attached hydrogen (secondary N) is 2. The van der Waals surface area contributed by atoms with Crippen molar-refractivity contribution in [3.63, 3.8) is 0 Å². The van der Waals surface area contributed by atoms with Crippen molar-refractivity contribution in [2.45, 2.75) is 69.8 Å². The van der Waals surface area contributed by atoms with Crippen LogP contribution in [0.4, 0.5) is 23.7 Å². The molecule has 4 N–H and O–H groups in total. The van der Waals surface area contributed by atoms with Gasteiger partial charge in [-0.1, -0.05) is 55.3 Å². The highest BCUT2D eigenvalue weighted by Gasteiger charge is 2.31. The van der Waals surface area contributed by atoms with Crippen molar-refractivity contribution in [3.05, 3.63) is 89.0 Å². The molecule has 2 aliphatic rings. The van der Waals surface area contributed by atoms with Gasteiger partial charge in [-0.15, -0.1) is 0 Å². The summed E-state index contributed by atoms with van der Waals surface area (Å²) in [7, 11) is 0. The van der Waals surface area contributed by atoms with Crippen LogP contribution in [0.5, 0.6) is 0 Å². The van der Waals surface area contributed by atoms with Crippen molar-refractivity contribution < 1.29 is 22.8 Å². The number of hydrogen-bond donors (Lipinski definition) is 3. The fourth-order valence-electron chi connectivity index (χ4n) is 5.89. The molecule has 5 rings (SSSR count). The van der Waals surface area contributed by atoms with Gasteiger partial charge >= 0.3 is 12.2 Å². The van der Waals surface area contributed by atoms with Crippen molar-refractivity contribution in [1.29, 1.82) is 0 Å². The maximum atomic E-state index is 13.5. The molecule has 6 nitrogen and oxygen atoms in total. The smallest absolute Gasteiger partial charge is 0.382 e. The van der Waals surface area contributed by atoms with E-state index >= 15 is 0 Å². The number of anilines is 1. The summed E-state index contributed by atoms with van der Waals surface area (Å²) < 4.78 is 39.6. The number of amides is 3. The normalized spacial score (nSPS) is 16.2. The molecule has 1 aliphatic heterocycles. The lowest BCUT2D eigenvalue weighted by Gasteiger charge is -2.33. The summed E-state index contributed by atoms with van der Waals surface area (Å²) in [5.41, 5.74) is 10.1. The van der Waals surface area contributed by atoms with Crippen LogP contribution in [0, 0.1) is 0 Å². The third-order valence-electron chi connectivity index (χ3n) is 8.05. The number of halogens is 3. The molecular weight excluding hydrogens is 529 g/mol. The van der Waals surface area contributed by atoms with Gasteiger partial charge in [0.1, 0.15) is 0 Å². The van der Waals surface area contributed by atoms with E-state index in [4.69, 9.17) is 5.73 Å². The molecule has 1 heterocycles. The van der Waals surface area contributed by atoms with Crippen molar-refractivity contribution >= 4 is 17.6 Å². The second-order valence-corrected chi connectivity index (χ2v) is 11.0. The zero-order valence-electron chi connectivity index (χ0n) is 22.8. The van der Waals surface area contributed by atoms with E-state index in [1.54, 1.807) is 4.90 Å². The van der Waals surface area contributed by atoms with Gasteiger partial charge in [-0.2, -0.15) is 13.2 Å². The molecule has 3 amide bonds. The van der Waals surface area contributed by atoms with Crippen LogP contribution in [0.1, 0.15) is 66.8 Å². The van der Waals surface area contributed by atoms with Crippen LogP contribution in [-0.4, -0.2) is 29.4 Å². The first kappa shape index (κ1) is 28.5. The van der Waals surface area contributed by atoms with Gasteiger partial charge in [-0.3, -0.25) is 4.79 Å². The summed E-state index contributed by atoms with van der Waals surface area (Å²) in [6.07, 6.45) is 1.20. The van der Waals surface area contributed by atoms with Gasteiger partial charge in [-0.25, -0.2) is 4.79 Å². The SMILES string of the molecule is NC(=O)CC[C@H](NC(=O)N1CCc2c(cc(NC3CCCC3)cc2-c2ccc(C(F)(F)F)cc2)C1)c1ccccc1. The lowest BCUT2D eigenvalue weighted by molar-refractivity contribution is -0.137. The minimum atomic E-state index is -4.40. The molecule has 1 aliphatic carbocycles. The third kappa shape index (κ3) is 7.01. The fourth-order valence-corrected chi connectivity index (χ4v) is 5.89. The van der Waals surface area contributed by atoms with E-state index in [1.165, 1.54) is 25.0 Å². The molecule has 1 saturated carbocycles. The Morgan fingerprint density at radius 1 is 1.00 bits per heavy atom. The Bertz CT molecular complexity index is 1370. The maximum absolute atomic E-state index is 13.5. The number of nitrogens with two attached hydrogens (primary N) is 1. The van der Waals surface area contributed by atoms with E-state index in [0.717, 1.165) is 58.5 Å². The number of urea groups is 1. The van der Waals surface area contributed by atoms with Gasteiger partial charge in [-0.05, 0) is 77.8 Å². The highest BCUT2D eigenvalue weighted by Crippen LogP contribution is 2.37. The number of alkyl halides is 3. The zero-order chi connectivity index (χ0) is 29.0. The number of hydrogen-bond acceptors (Lipinski definition) is 3. The Balaban J connectivity index is 1.41. The molecule has 41 heavy (non-hydrogen) atoms. The molecule has 1 atom stereocenters. The number of carbonyl (C=O) groups is 2. The average molecular weight is 565 g/mol. The summed E-state index contributed by atoms with van der Waals surface area (Å²) in [5.74, 6) is -0.426. The molecule has 0 spiro atoms. The number of nitrogens with zero attached hydrogens (tertiary/aromatic N) is 1. The molecule has 0 saturated heterocycles. The topological polar surface area (TPSA) is 87.5 Å². The zero-order valence-corrected chi connectivity index (χ0v) is 22.8. The fraction of sp³-hybridized carbons (Fsp3) is 0.375. The average Bonchev–Trinajstić information content (AvgIpc) is 3.47. The summed E-state index contributed by atoms with van der Waals surface area (Å²) in [6, 6.07) is 18.6. The number of rotatable bonds is 8. The monoisotopic (exact) mass is 564 g/mol. The standard InChI is InChI=1S/C32H35F3N4O2/c33-32(34,35)24-12-10-21(11-13-24)28-19-26(37-25-8-4-5-9-25)18-23-20-39(17-16-27(23)28)31(41)38-29(14-15-30(36)40)22-6-2-1-3-7-22/h1-3,6-7,10-13,18-19,25,29,37H,4-5,8-9,14-17,20H2,(H2,36,40)(H,38,41)/t29-/m0/s1. The molecule has 216 valence electrons. The number of carbonyl (C=O) groups excluding carboxylic acids is 2. The van der Waals surface area contributed by atoms with Crippen molar-refractivity contribution in [2.24, 2.45) is 5.73 Å². The molecule has 1 fully saturated rings. The molecule has 3 aromatic rings. The van der Waals surface area contributed by atoms with Crippen LogP contribution < -0.4 is 16.4 Å². The van der Waals surface area contributed by atoms with E-state index in [2.05, 4.69) is 16.7 Å². The second kappa shape index (κ2) is 12.2. The van der Waals surface area contributed by atoms with E-state index in [-0.39, 0.29) is 18.5 Å². The minimum Gasteiger partial charge on any atom is -0.382 e. The second-order valence-electron chi connectivity index (χ2n) is 11.0. The predicted octanol–water partition coefficient (Wildman–Crippen LogP) is 6.80. The van der Waals surface area contributed by atoms with Crippen LogP contribution in [0.2, 0.25) is 0 Å². The predicted molar refractivity (Wildman–Crippen MR) is 153 cm³/mol. The molecule has 0 aromatic heterocycles. The van der Waals surface area contributed by atoms with Crippen LogP contribution in [0.25, 0.3) is 11.1 Å². The Kier molecular flexibility index (Phi) is 8.52. The Hall–Kier alpha value is -4.01. The lowest BCUT2D eigenvalue weighted by Crippen LogP contribution is -2.44. The van der Waals surface area contributed by atoms with E-state index in [9.17, 15) is 22.8 Å². The molecule has 0 unspecified atom stereocenters. The number of fused-ring (bicyclic) bond motifs is 1. The lowest BCUT2D eigenvalue weighted by atomic mass is 9.89. The Morgan fingerprint density at radius 2 is 1.71 bits per heavy atom. The molecule has 9 heteroatoms. The van der Waals surface area contributed by atoms with Gasteiger partial charge < -0.3 is 21.3 Å². The van der Waals surface area contributed by atoms with Crippen LogP contribution >= 0.6 is 0 Å². The van der Waals surface area contributed by atoms with Crippen molar-refractivity contribution in [1.82, 2.24) is 10.2 Å².